The Morgan fingerprint density at radius 1 is 1.19 bits per heavy atom. The summed E-state index contributed by atoms with van der Waals surface area (Å²) in [4.78, 5) is 35.5. The zero-order valence-electron chi connectivity index (χ0n) is 15.3. The number of hydrogen-bond donors (Lipinski definition) is 2. The number of likely N-dealkylation sites (tertiary alicyclic amines) is 1. The molecule has 0 radical (unpaired) electrons. The van der Waals surface area contributed by atoms with Crippen molar-refractivity contribution in [1.82, 2.24) is 24.5 Å². The highest BCUT2D eigenvalue weighted by molar-refractivity contribution is 5.93. The molecule has 8 nitrogen and oxygen atoms in total. The van der Waals surface area contributed by atoms with Gasteiger partial charge in [0.25, 0.3) is 11.5 Å². The molecule has 0 aromatic carbocycles. The maximum Gasteiger partial charge on any atom is 0.285 e. The van der Waals surface area contributed by atoms with Crippen LogP contribution in [-0.2, 0) is 5.60 Å². The first-order valence-electron chi connectivity index (χ1n) is 8.89. The van der Waals surface area contributed by atoms with Crippen LogP contribution in [0.5, 0.6) is 0 Å². The molecule has 1 fully saturated rings. The number of amides is 1. The van der Waals surface area contributed by atoms with E-state index < -0.39 is 11.2 Å². The lowest BCUT2D eigenvalue weighted by Crippen LogP contribution is -2.46. The Hall–Kier alpha value is -3.00. The molecule has 0 saturated carbocycles. The van der Waals surface area contributed by atoms with Crippen molar-refractivity contribution in [2.75, 3.05) is 13.1 Å². The van der Waals surface area contributed by atoms with E-state index >= 15 is 0 Å². The van der Waals surface area contributed by atoms with Gasteiger partial charge in [0, 0.05) is 37.2 Å². The van der Waals surface area contributed by atoms with E-state index in [2.05, 4.69) is 15.1 Å². The van der Waals surface area contributed by atoms with Gasteiger partial charge in [0.15, 0.2) is 5.65 Å². The van der Waals surface area contributed by atoms with Crippen LogP contribution in [0, 0.1) is 13.8 Å². The first-order chi connectivity index (χ1) is 12.9. The van der Waals surface area contributed by atoms with Crippen LogP contribution in [0.3, 0.4) is 0 Å². The molecule has 140 valence electrons. The summed E-state index contributed by atoms with van der Waals surface area (Å²) >= 11 is 0. The number of H-pyrrole nitrogens is 1. The van der Waals surface area contributed by atoms with Gasteiger partial charge in [0.1, 0.15) is 11.2 Å². The van der Waals surface area contributed by atoms with Gasteiger partial charge in [0.05, 0.1) is 5.69 Å². The molecule has 0 unspecified atom stereocenters. The average Bonchev–Trinajstić information content (AvgIpc) is 3.04. The normalized spacial score (nSPS) is 16.6. The lowest BCUT2D eigenvalue weighted by atomic mass is 9.87. The van der Waals surface area contributed by atoms with E-state index in [9.17, 15) is 14.7 Å². The van der Waals surface area contributed by atoms with E-state index in [0.717, 1.165) is 11.3 Å². The number of fused-ring (bicyclic) bond motifs is 1. The van der Waals surface area contributed by atoms with Gasteiger partial charge in [-0.05, 0) is 38.3 Å². The van der Waals surface area contributed by atoms with Crippen LogP contribution in [0.25, 0.3) is 5.65 Å². The van der Waals surface area contributed by atoms with Gasteiger partial charge in [-0.15, -0.1) is 0 Å². The third-order valence-electron chi connectivity index (χ3n) is 5.12. The van der Waals surface area contributed by atoms with Crippen molar-refractivity contribution < 1.29 is 9.90 Å². The Labute approximate surface area is 155 Å². The van der Waals surface area contributed by atoms with Crippen LogP contribution < -0.4 is 5.56 Å². The number of pyridine rings is 1. The highest BCUT2D eigenvalue weighted by atomic mass is 16.3. The molecular formula is C19H21N5O3. The SMILES string of the molecule is Cc1ccc(C2(O)CCN(C(=O)c3cnc4cc(C)[nH]n4c3=O)CC2)nc1. The predicted molar refractivity (Wildman–Crippen MR) is 98.6 cm³/mol. The minimum Gasteiger partial charge on any atom is -0.383 e. The van der Waals surface area contributed by atoms with Crippen molar-refractivity contribution in [3.63, 3.8) is 0 Å². The summed E-state index contributed by atoms with van der Waals surface area (Å²) in [5.41, 5.74) is 1.46. The molecule has 0 aliphatic carbocycles. The molecule has 3 aromatic heterocycles. The number of piperidine rings is 1. The summed E-state index contributed by atoms with van der Waals surface area (Å²) in [5, 5.41) is 13.8. The highest BCUT2D eigenvalue weighted by Gasteiger charge is 2.37. The van der Waals surface area contributed by atoms with E-state index in [0.29, 0.717) is 37.3 Å². The largest absolute Gasteiger partial charge is 0.383 e. The molecule has 0 bridgehead atoms. The van der Waals surface area contributed by atoms with E-state index in [1.54, 1.807) is 17.2 Å². The minimum absolute atomic E-state index is 0.0215. The quantitative estimate of drug-likeness (QED) is 0.707. The Morgan fingerprint density at radius 2 is 1.93 bits per heavy atom. The fraction of sp³-hybridized carbons (Fsp3) is 0.368. The molecule has 8 heteroatoms. The minimum atomic E-state index is -1.06. The van der Waals surface area contributed by atoms with Gasteiger partial charge in [-0.3, -0.25) is 19.7 Å². The van der Waals surface area contributed by atoms with Crippen molar-refractivity contribution >= 4 is 11.6 Å². The number of nitrogens with one attached hydrogen (secondary N) is 1. The molecule has 1 aliphatic heterocycles. The Bertz CT molecular complexity index is 1060. The molecule has 4 heterocycles. The third kappa shape index (κ3) is 3.02. The number of carbonyl (C=O) groups is 1. The fourth-order valence-corrected chi connectivity index (χ4v) is 3.48. The monoisotopic (exact) mass is 367 g/mol. The topological polar surface area (TPSA) is 104 Å². The number of carbonyl (C=O) groups excluding carboxylic acids is 1. The Kier molecular flexibility index (Phi) is 4.07. The lowest BCUT2D eigenvalue weighted by Gasteiger charge is -2.37. The first kappa shape index (κ1) is 17.4. The fourth-order valence-electron chi connectivity index (χ4n) is 3.48. The molecule has 0 spiro atoms. The molecule has 1 amide bonds. The van der Waals surface area contributed by atoms with Crippen molar-refractivity contribution in [1.29, 1.82) is 0 Å². The number of aliphatic hydroxyl groups is 1. The number of aromatic nitrogens is 4. The van der Waals surface area contributed by atoms with E-state index in [1.807, 2.05) is 26.0 Å². The number of aromatic amines is 1. The average molecular weight is 367 g/mol. The maximum absolute atomic E-state index is 12.8. The van der Waals surface area contributed by atoms with Crippen LogP contribution in [0.15, 0.2) is 35.4 Å². The van der Waals surface area contributed by atoms with Crippen LogP contribution in [-0.4, -0.2) is 48.6 Å². The van der Waals surface area contributed by atoms with Gasteiger partial charge in [0.2, 0.25) is 0 Å². The molecule has 0 atom stereocenters. The number of rotatable bonds is 2. The first-order valence-corrected chi connectivity index (χ1v) is 8.89. The summed E-state index contributed by atoms with van der Waals surface area (Å²) in [6, 6.07) is 5.48. The summed E-state index contributed by atoms with van der Waals surface area (Å²) in [6.07, 6.45) is 3.79. The molecular weight excluding hydrogens is 346 g/mol. The Morgan fingerprint density at radius 3 is 2.59 bits per heavy atom. The highest BCUT2D eigenvalue weighted by Crippen LogP contribution is 2.31. The second-order valence-corrected chi connectivity index (χ2v) is 7.15. The van der Waals surface area contributed by atoms with E-state index in [-0.39, 0.29) is 11.5 Å². The molecule has 2 N–H and O–H groups in total. The Balaban J connectivity index is 1.54. The molecule has 1 aliphatic rings. The maximum atomic E-state index is 12.8. The third-order valence-corrected chi connectivity index (χ3v) is 5.12. The molecule has 27 heavy (non-hydrogen) atoms. The van der Waals surface area contributed by atoms with Crippen LogP contribution in [0.1, 0.15) is 40.2 Å². The number of nitrogens with zero attached hydrogens (tertiary/aromatic N) is 4. The zero-order valence-corrected chi connectivity index (χ0v) is 15.3. The number of aryl methyl sites for hydroxylation is 2. The van der Waals surface area contributed by atoms with Crippen molar-refractivity contribution in [2.45, 2.75) is 32.3 Å². The van der Waals surface area contributed by atoms with Crippen LogP contribution in [0.2, 0.25) is 0 Å². The van der Waals surface area contributed by atoms with Gasteiger partial charge in [-0.1, -0.05) is 6.07 Å². The molecule has 4 rings (SSSR count). The van der Waals surface area contributed by atoms with Gasteiger partial charge < -0.3 is 10.0 Å². The standard InChI is InChI=1S/C19H21N5O3/c1-12-3-4-15(20-10-12)19(27)5-7-23(8-6-19)17(25)14-11-21-16-9-13(2)22-24(16)18(14)26/h3-4,9-11,22,27H,5-8H2,1-2H3. The summed E-state index contributed by atoms with van der Waals surface area (Å²) in [7, 11) is 0. The van der Waals surface area contributed by atoms with E-state index in [4.69, 9.17) is 0 Å². The summed E-state index contributed by atoms with van der Waals surface area (Å²) in [5.74, 6) is -0.368. The predicted octanol–water partition coefficient (Wildman–Crippen LogP) is 1.16. The summed E-state index contributed by atoms with van der Waals surface area (Å²) < 4.78 is 1.28. The van der Waals surface area contributed by atoms with Gasteiger partial charge in [-0.25, -0.2) is 9.50 Å². The summed E-state index contributed by atoms with van der Waals surface area (Å²) in [6.45, 7) is 4.45. The zero-order chi connectivity index (χ0) is 19.2. The lowest BCUT2D eigenvalue weighted by molar-refractivity contribution is -0.0244. The van der Waals surface area contributed by atoms with Crippen molar-refractivity contribution in [3.8, 4) is 0 Å². The van der Waals surface area contributed by atoms with Crippen molar-refractivity contribution in [2.24, 2.45) is 0 Å². The second kappa shape index (κ2) is 6.31. The number of hydrogen-bond acceptors (Lipinski definition) is 5. The van der Waals surface area contributed by atoms with Gasteiger partial charge >= 0.3 is 0 Å². The van der Waals surface area contributed by atoms with Crippen molar-refractivity contribution in [3.05, 3.63) is 63.5 Å². The van der Waals surface area contributed by atoms with Gasteiger partial charge in [-0.2, -0.15) is 0 Å². The second-order valence-electron chi connectivity index (χ2n) is 7.15. The van der Waals surface area contributed by atoms with Crippen LogP contribution in [0.4, 0.5) is 0 Å². The smallest absolute Gasteiger partial charge is 0.285 e. The molecule has 3 aromatic rings. The van der Waals surface area contributed by atoms with E-state index in [1.165, 1.54) is 10.7 Å². The van der Waals surface area contributed by atoms with Crippen LogP contribution >= 0.6 is 0 Å². The molecule has 1 saturated heterocycles.